The van der Waals surface area contributed by atoms with E-state index in [9.17, 15) is 0 Å². The standard InChI is InChI=1S/C15H17BrN4/c1-9-7-11(16)5-6-12(9)18-14-8-13(17-2)19-15(20-14)10-3-4-10/h5-8,10H,3-4H2,1-2H3,(H2,17,18,19,20). The fraction of sp³-hybridized carbons (Fsp3) is 0.333. The summed E-state index contributed by atoms with van der Waals surface area (Å²) in [6, 6.07) is 8.10. The molecule has 20 heavy (non-hydrogen) atoms. The number of rotatable bonds is 4. The maximum absolute atomic E-state index is 4.63. The third-order valence-corrected chi connectivity index (χ3v) is 3.89. The van der Waals surface area contributed by atoms with Crippen LogP contribution >= 0.6 is 15.9 Å². The summed E-state index contributed by atoms with van der Waals surface area (Å²) in [6.45, 7) is 2.08. The van der Waals surface area contributed by atoms with Gasteiger partial charge in [-0.05, 0) is 43.5 Å². The van der Waals surface area contributed by atoms with Crippen LogP contribution in [-0.4, -0.2) is 17.0 Å². The van der Waals surface area contributed by atoms with Gasteiger partial charge in [0.2, 0.25) is 0 Å². The average molecular weight is 333 g/mol. The summed E-state index contributed by atoms with van der Waals surface area (Å²) in [5, 5.41) is 6.49. The van der Waals surface area contributed by atoms with E-state index in [4.69, 9.17) is 0 Å². The van der Waals surface area contributed by atoms with Crippen LogP contribution in [0.2, 0.25) is 0 Å². The quantitative estimate of drug-likeness (QED) is 0.880. The van der Waals surface area contributed by atoms with Gasteiger partial charge in [-0.3, -0.25) is 0 Å². The smallest absolute Gasteiger partial charge is 0.136 e. The molecule has 1 aromatic heterocycles. The normalized spacial score (nSPS) is 14.2. The van der Waals surface area contributed by atoms with E-state index in [-0.39, 0.29) is 0 Å². The molecule has 0 atom stereocenters. The molecular formula is C15H17BrN4. The molecule has 0 spiro atoms. The minimum absolute atomic E-state index is 0.537. The minimum Gasteiger partial charge on any atom is -0.373 e. The lowest BCUT2D eigenvalue weighted by molar-refractivity contribution is 0.932. The molecule has 4 nitrogen and oxygen atoms in total. The molecule has 0 saturated heterocycles. The monoisotopic (exact) mass is 332 g/mol. The molecule has 5 heteroatoms. The predicted molar refractivity (Wildman–Crippen MR) is 85.7 cm³/mol. The summed E-state index contributed by atoms with van der Waals surface area (Å²) in [4.78, 5) is 9.15. The van der Waals surface area contributed by atoms with E-state index in [1.807, 2.05) is 19.2 Å². The van der Waals surface area contributed by atoms with Gasteiger partial charge in [-0.25, -0.2) is 9.97 Å². The van der Waals surface area contributed by atoms with Crippen LogP contribution in [0.4, 0.5) is 17.3 Å². The van der Waals surface area contributed by atoms with E-state index in [0.717, 1.165) is 27.6 Å². The molecule has 3 rings (SSSR count). The topological polar surface area (TPSA) is 49.8 Å². The van der Waals surface area contributed by atoms with E-state index in [1.165, 1.54) is 18.4 Å². The van der Waals surface area contributed by atoms with E-state index in [0.29, 0.717) is 5.92 Å². The fourth-order valence-electron chi connectivity index (χ4n) is 2.09. The molecule has 0 amide bonds. The van der Waals surface area contributed by atoms with Crippen LogP contribution in [0.25, 0.3) is 0 Å². The third kappa shape index (κ3) is 2.93. The van der Waals surface area contributed by atoms with Crippen LogP contribution in [0.15, 0.2) is 28.7 Å². The lowest BCUT2D eigenvalue weighted by atomic mass is 10.2. The van der Waals surface area contributed by atoms with Crippen molar-refractivity contribution in [1.29, 1.82) is 0 Å². The van der Waals surface area contributed by atoms with Crippen molar-refractivity contribution in [1.82, 2.24) is 9.97 Å². The molecule has 0 aliphatic heterocycles. The van der Waals surface area contributed by atoms with Gasteiger partial charge in [0.05, 0.1) is 0 Å². The number of benzene rings is 1. The van der Waals surface area contributed by atoms with Gasteiger partial charge in [-0.1, -0.05) is 15.9 Å². The summed E-state index contributed by atoms with van der Waals surface area (Å²) >= 11 is 3.48. The Balaban J connectivity index is 1.91. The zero-order valence-corrected chi connectivity index (χ0v) is 13.2. The summed E-state index contributed by atoms with van der Waals surface area (Å²) < 4.78 is 1.08. The SMILES string of the molecule is CNc1cc(Nc2ccc(Br)cc2C)nc(C2CC2)n1. The Morgan fingerprint density at radius 1 is 1.15 bits per heavy atom. The highest BCUT2D eigenvalue weighted by Gasteiger charge is 2.27. The van der Waals surface area contributed by atoms with Gasteiger partial charge in [-0.15, -0.1) is 0 Å². The third-order valence-electron chi connectivity index (χ3n) is 3.39. The summed E-state index contributed by atoms with van der Waals surface area (Å²) in [7, 11) is 1.88. The number of aromatic nitrogens is 2. The summed E-state index contributed by atoms with van der Waals surface area (Å²) in [6.07, 6.45) is 2.40. The molecule has 1 saturated carbocycles. The molecule has 1 heterocycles. The maximum atomic E-state index is 4.63. The second-order valence-corrected chi connectivity index (χ2v) is 6.02. The molecule has 104 valence electrons. The van der Waals surface area contributed by atoms with Crippen molar-refractivity contribution in [2.24, 2.45) is 0 Å². The first-order valence-corrected chi connectivity index (χ1v) is 7.55. The van der Waals surface area contributed by atoms with Crippen LogP contribution in [0, 0.1) is 6.92 Å². The Morgan fingerprint density at radius 3 is 2.55 bits per heavy atom. The number of nitrogens with zero attached hydrogens (tertiary/aromatic N) is 2. The first kappa shape index (κ1) is 13.4. The fourth-order valence-corrected chi connectivity index (χ4v) is 2.56. The molecule has 0 radical (unpaired) electrons. The highest BCUT2D eigenvalue weighted by atomic mass is 79.9. The number of nitrogens with one attached hydrogen (secondary N) is 2. The van der Waals surface area contributed by atoms with Crippen LogP contribution < -0.4 is 10.6 Å². The Morgan fingerprint density at radius 2 is 1.90 bits per heavy atom. The number of anilines is 3. The molecule has 2 aromatic rings. The van der Waals surface area contributed by atoms with Crippen molar-refractivity contribution in [3.8, 4) is 0 Å². The highest BCUT2D eigenvalue weighted by molar-refractivity contribution is 9.10. The van der Waals surface area contributed by atoms with Gasteiger partial charge < -0.3 is 10.6 Å². The van der Waals surface area contributed by atoms with Crippen molar-refractivity contribution < 1.29 is 0 Å². The number of aryl methyl sites for hydroxylation is 1. The van der Waals surface area contributed by atoms with Gasteiger partial charge in [0, 0.05) is 29.2 Å². The Labute approximate surface area is 127 Å². The van der Waals surface area contributed by atoms with Crippen molar-refractivity contribution in [3.05, 3.63) is 40.1 Å². The average Bonchev–Trinajstić information content (AvgIpc) is 3.26. The summed E-state index contributed by atoms with van der Waals surface area (Å²) in [5.41, 5.74) is 2.24. The van der Waals surface area contributed by atoms with Gasteiger partial charge in [-0.2, -0.15) is 0 Å². The van der Waals surface area contributed by atoms with E-state index in [2.05, 4.69) is 55.6 Å². The Kier molecular flexibility index (Phi) is 3.61. The van der Waals surface area contributed by atoms with Crippen LogP contribution in [0.1, 0.15) is 30.1 Å². The first-order chi connectivity index (χ1) is 9.65. The molecule has 2 N–H and O–H groups in total. The Bertz CT molecular complexity index is 638. The molecule has 0 unspecified atom stereocenters. The van der Waals surface area contributed by atoms with E-state index in [1.54, 1.807) is 0 Å². The summed E-state index contributed by atoms with van der Waals surface area (Å²) in [5.74, 6) is 3.18. The molecule has 1 aliphatic rings. The lowest BCUT2D eigenvalue weighted by Crippen LogP contribution is -2.03. The van der Waals surface area contributed by atoms with Crippen LogP contribution in [-0.2, 0) is 0 Å². The molecule has 1 fully saturated rings. The van der Waals surface area contributed by atoms with Crippen LogP contribution in [0.3, 0.4) is 0 Å². The van der Waals surface area contributed by atoms with Crippen molar-refractivity contribution >= 4 is 33.3 Å². The van der Waals surface area contributed by atoms with Gasteiger partial charge in [0.25, 0.3) is 0 Å². The molecule has 1 aromatic carbocycles. The largest absolute Gasteiger partial charge is 0.373 e. The van der Waals surface area contributed by atoms with Gasteiger partial charge in [0.15, 0.2) is 0 Å². The zero-order chi connectivity index (χ0) is 14.1. The maximum Gasteiger partial charge on any atom is 0.136 e. The predicted octanol–water partition coefficient (Wildman–Crippen LogP) is 4.21. The molecule has 0 bridgehead atoms. The van der Waals surface area contributed by atoms with Crippen molar-refractivity contribution in [2.75, 3.05) is 17.7 Å². The Hall–Kier alpha value is -1.62. The van der Waals surface area contributed by atoms with Gasteiger partial charge >= 0.3 is 0 Å². The highest BCUT2D eigenvalue weighted by Crippen LogP contribution is 2.39. The zero-order valence-electron chi connectivity index (χ0n) is 11.6. The molecular weight excluding hydrogens is 316 g/mol. The number of halogens is 1. The second-order valence-electron chi connectivity index (χ2n) is 5.11. The van der Waals surface area contributed by atoms with Gasteiger partial charge in [0.1, 0.15) is 17.5 Å². The lowest BCUT2D eigenvalue weighted by Gasteiger charge is -2.11. The van der Waals surface area contributed by atoms with Crippen molar-refractivity contribution in [2.45, 2.75) is 25.7 Å². The second kappa shape index (κ2) is 5.40. The van der Waals surface area contributed by atoms with E-state index < -0.39 is 0 Å². The van der Waals surface area contributed by atoms with Crippen LogP contribution in [0.5, 0.6) is 0 Å². The van der Waals surface area contributed by atoms with E-state index >= 15 is 0 Å². The first-order valence-electron chi connectivity index (χ1n) is 6.75. The minimum atomic E-state index is 0.537. The van der Waals surface area contributed by atoms with Crippen molar-refractivity contribution in [3.63, 3.8) is 0 Å². The number of hydrogen-bond donors (Lipinski definition) is 2. The number of hydrogen-bond acceptors (Lipinski definition) is 4. The molecule has 1 aliphatic carbocycles.